The van der Waals surface area contributed by atoms with E-state index in [0.717, 1.165) is 48.6 Å². The number of carbonyl (C=O) groups is 1. The number of quaternary nitrogens is 1. The monoisotopic (exact) mass is 382 g/mol. The smallest absolute Gasteiger partial charge is 0.275 e. The van der Waals surface area contributed by atoms with Crippen LogP contribution in [0.25, 0.3) is 11.0 Å². The SMILES string of the molecule is C[C@@H](NC(=O)C[NH+]1CCN(c2ccc(F)cc2)CC1)c1cc2ccccc2o1. The van der Waals surface area contributed by atoms with Gasteiger partial charge in [-0.2, -0.15) is 0 Å². The minimum Gasteiger partial charge on any atom is -0.459 e. The number of nitrogens with zero attached hydrogens (tertiary/aromatic N) is 1. The maximum Gasteiger partial charge on any atom is 0.275 e. The van der Waals surface area contributed by atoms with Crippen LogP contribution in [0.3, 0.4) is 0 Å². The number of furan rings is 1. The minimum atomic E-state index is -0.219. The molecule has 5 nitrogen and oxygen atoms in total. The number of nitrogens with one attached hydrogen (secondary N) is 2. The van der Waals surface area contributed by atoms with Gasteiger partial charge in [0, 0.05) is 11.1 Å². The molecule has 1 aliphatic heterocycles. The number of rotatable bonds is 5. The summed E-state index contributed by atoms with van der Waals surface area (Å²) in [5.74, 6) is 0.576. The van der Waals surface area contributed by atoms with Crippen molar-refractivity contribution in [3.8, 4) is 0 Å². The number of hydrogen-bond acceptors (Lipinski definition) is 3. The first-order valence-electron chi connectivity index (χ1n) is 9.70. The molecular formula is C22H25FN3O2+. The van der Waals surface area contributed by atoms with Gasteiger partial charge in [-0.15, -0.1) is 0 Å². The summed E-state index contributed by atoms with van der Waals surface area (Å²) in [6, 6.07) is 16.2. The molecule has 1 amide bonds. The molecule has 0 radical (unpaired) electrons. The number of fused-ring (bicyclic) bond motifs is 1. The van der Waals surface area contributed by atoms with Crippen molar-refractivity contribution in [3.05, 3.63) is 66.2 Å². The molecule has 1 atom stereocenters. The quantitative estimate of drug-likeness (QED) is 0.711. The first kappa shape index (κ1) is 18.5. The van der Waals surface area contributed by atoms with Gasteiger partial charge in [0.1, 0.15) is 17.2 Å². The van der Waals surface area contributed by atoms with Crippen LogP contribution in [0.5, 0.6) is 0 Å². The molecule has 1 aromatic heterocycles. The molecule has 1 aliphatic rings. The fourth-order valence-corrected chi connectivity index (χ4v) is 3.72. The molecule has 2 aromatic carbocycles. The van der Waals surface area contributed by atoms with E-state index < -0.39 is 0 Å². The Labute approximate surface area is 163 Å². The number of piperazine rings is 1. The van der Waals surface area contributed by atoms with Crippen molar-refractivity contribution >= 4 is 22.6 Å². The van der Waals surface area contributed by atoms with Crippen molar-refractivity contribution < 1.29 is 18.5 Å². The van der Waals surface area contributed by atoms with Crippen LogP contribution in [0.2, 0.25) is 0 Å². The van der Waals surface area contributed by atoms with E-state index in [1.807, 2.05) is 49.4 Å². The van der Waals surface area contributed by atoms with Crippen LogP contribution in [0, 0.1) is 5.82 Å². The van der Waals surface area contributed by atoms with Crippen LogP contribution in [0.4, 0.5) is 10.1 Å². The molecule has 146 valence electrons. The molecule has 0 aliphatic carbocycles. The van der Waals surface area contributed by atoms with Gasteiger partial charge in [-0.25, -0.2) is 4.39 Å². The molecule has 0 unspecified atom stereocenters. The maximum atomic E-state index is 13.1. The molecule has 1 fully saturated rings. The summed E-state index contributed by atoms with van der Waals surface area (Å²) in [5, 5.41) is 4.09. The second-order valence-corrected chi connectivity index (χ2v) is 7.37. The summed E-state index contributed by atoms with van der Waals surface area (Å²) in [6.07, 6.45) is 0. The summed E-state index contributed by atoms with van der Waals surface area (Å²) in [4.78, 5) is 16.0. The van der Waals surface area contributed by atoms with Crippen LogP contribution in [-0.2, 0) is 4.79 Å². The Morgan fingerprint density at radius 1 is 1.18 bits per heavy atom. The lowest BCUT2D eigenvalue weighted by molar-refractivity contribution is -0.892. The highest BCUT2D eigenvalue weighted by Crippen LogP contribution is 2.23. The third kappa shape index (κ3) is 4.17. The lowest BCUT2D eigenvalue weighted by atomic mass is 10.2. The number of para-hydroxylation sites is 1. The third-order valence-corrected chi connectivity index (χ3v) is 5.32. The van der Waals surface area contributed by atoms with Crippen LogP contribution >= 0.6 is 0 Å². The Balaban J connectivity index is 1.28. The number of benzene rings is 2. The largest absolute Gasteiger partial charge is 0.459 e. The molecule has 0 spiro atoms. The summed E-state index contributed by atoms with van der Waals surface area (Å²) in [5.41, 5.74) is 1.87. The second-order valence-electron chi connectivity index (χ2n) is 7.37. The zero-order valence-electron chi connectivity index (χ0n) is 16.0. The van der Waals surface area contributed by atoms with Crippen molar-refractivity contribution in [1.29, 1.82) is 0 Å². The third-order valence-electron chi connectivity index (χ3n) is 5.32. The van der Waals surface area contributed by atoms with Crippen molar-refractivity contribution in [2.75, 3.05) is 37.6 Å². The van der Waals surface area contributed by atoms with E-state index in [-0.39, 0.29) is 17.8 Å². The molecule has 3 aromatic rings. The van der Waals surface area contributed by atoms with E-state index in [0.29, 0.717) is 6.54 Å². The highest BCUT2D eigenvalue weighted by atomic mass is 19.1. The Bertz CT molecular complexity index is 913. The number of anilines is 1. The zero-order chi connectivity index (χ0) is 19.5. The lowest BCUT2D eigenvalue weighted by Gasteiger charge is -2.33. The zero-order valence-corrected chi connectivity index (χ0v) is 16.0. The van der Waals surface area contributed by atoms with Crippen molar-refractivity contribution in [1.82, 2.24) is 5.32 Å². The Morgan fingerprint density at radius 3 is 2.61 bits per heavy atom. The van der Waals surface area contributed by atoms with E-state index >= 15 is 0 Å². The molecule has 1 saturated heterocycles. The highest BCUT2D eigenvalue weighted by Gasteiger charge is 2.23. The summed E-state index contributed by atoms with van der Waals surface area (Å²) >= 11 is 0. The first-order valence-corrected chi connectivity index (χ1v) is 9.70. The highest BCUT2D eigenvalue weighted by molar-refractivity contribution is 5.79. The summed E-state index contributed by atoms with van der Waals surface area (Å²) < 4.78 is 18.9. The average molecular weight is 382 g/mol. The van der Waals surface area contributed by atoms with Crippen molar-refractivity contribution in [2.45, 2.75) is 13.0 Å². The van der Waals surface area contributed by atoms with E-state index in [9.17, 15) is 9.18 Å². The van der Waals surface area contributed by atoms with E-state index in [2.05, 4.69) is 10.2 Å². The van der Waals surface area contributed by atoms with Gasteiger partial charge in [0.15, 0.2) is 6.54 Å². The van der Waals surface area contributed by atoms with Crippen LogP contribution in [-0.4, -0.2) is 38.6 Å². The molecule has 28 heavy (non-hydrogen) atoms. The second kappa shape index (κ2) is 8.02. The minimum absolute atomic E-state index is 0.0261. The van der Waals surface area contributed by atoms with Crippen molar-refractivity contribution in [3.63, 3.8) is 0 Å². The van der Waals surface area contributed by atoms with Gasteiger partial charge in [0.05, 0.1) is 32.2 Å². The normalized spacial score (nSPS) is 16.3. The Hall–Kier alpha value is -2.86. The van der Waals surface area contributed by atoms with E-state index in [1.165, 1.54) is 17.0 Å². The van der Waals surface area contributed by atoms with Gasteiger partial charge in [-0.1, -0.05) is 18.2 Å². The molecule has 0 saturated carbocycles. The van der Waals surface area contributed by atoms with Gasteiger partial charge >= 0.3 is 0 Å². The van der Waals surface area contributed by atoms with Crippen molar-refractivity contribution in [2.24, 2.45) is 0 Å². The number of carbonyl (C=O) groups excluding carboxylic acids is 1. The van der Waals surface area contributed by atoms with Gasteiger partial charge < -0.3 is 19.5 Å². The average Bonchev–Trinajstić information content (AvgIpc) is 3.14. The number of halogens is 1. The molecule has 2 heterocycles. The number of hydrogen-bond donors (Lipinski definition) is 2. The van der Waals surface area contributed by atoms with Gasteiger partial charge in [-0.3, -0.25) is 4.79 Å². The Morgan fingerprint density at radius 2 is 1.89 bits per heavy atom. The predicted molar refractivity (Wildman–Crippen MR) is 107 cm³/mol. The first-order chi connectivity index (χ1) is 13.6. The van der Waals surface area contributed by atoms with Crippen LogP contribution < -0.4 is 15.1 Å². The Kier molecular flexibility index (Phi) is 5.30. The van der Waals surface area contributed by atoms with Crippen LogP contribution in [0.15, 0.2) is 59.0 Å². The van der Waals surface area contributed by atoms with Gasteiger partial charge in [0.2, 0.25) is 0 Å². The van der Waals surface area contributed by atoms with Gasteiger partial charge in [-0.05, 0) is 43.3 Å². The lowest BCUT2D eigenvalue weighted by Crippen LogP contribution is -3.15. The maximum absolute atomic E-state index is 13.1. The van der Waals surface area contributed by atoms with E-state index in [1.54, 1.807) is 0 Å². The summed E-state index contributed by atoms with van der Waals surface area (Å²) in [7, 11) is 0. The molecular weight excluding hydrogens is 357 g/mol. The predicted octanol–water partition coefficient (Wildman–Crippen LogP) is 2.15. The number of amides is 1. The molecule has 6 heteroatoms. The molecule has 0 bridgehead atoms. The van der Waals surface area contributed by atoms with Gasteiger partial charge in [0.25, 0.3) is 5.91 Å². The van der Waals surface area contributed by atoms with Crippen LogP contribution in [0.1, 0.15) is 18.7 Å². The summed E-state index contributed by atoms with van der Waals surface area (Å²) in [6.45, 7) is 5.85. The molecule has 4 rings (SSSR count). The standard InChI is InChI=1S/C22H24FN3O2/c1-16(21-14-17-4-2-3-5-20(17)28-21)24-22(27)15-25-10-12-26(13-11-25)19-8-6-18(23)7-9-19/h2-9,14,16H,10-13,15H2,1H3,(H,24,27)/p+1/t16-/m1/s1. The fraction of sp³-hybridized carbons (Fsp3) is 0.318. The molecule has 2 N–H and O–H groups in total. The van der Waals surface area contributed by atoms with E-state index in [4.69, 9.17) is 4.42 Å². The fourth-order valence-electron chi connectivity index (χ4n) is 3.72. The topological polar surface area (TPSA) is 49.9 Å².